The molecule has 3 rings (SSSR count). The van der Waals surface area contributed by atoms with Crippen LogP contribution in [0.3, 0.4) is 0 Å². The van der Waals surface area contributed by atoms with Crippen molar-refractivity contribution in [3.05, 3.63) is 41.5 Å². The standard InChI is InChI=1S/C18H25N/c1-12-8-7-9-14-16(12)19-13(2)10-11-15(19)18(5,6)17(14,3)4/h7-11,13,15H,1-6H3/t13-,15?/m0/s1. The van der Waals surface area contributed by atoms with Gasteiger partial charge >= 0.3 is 0 Å². The average molecular weight is 255 g/mol. The molecule has 0 bridgehead atoms. The van der Waals surface area contributed by atoms with Gasteiger partial charge in [0.15, 0.2) is 0 Å². The topological polar surface area (TPSA) is 3.24 Å². The summed E-state index contributed by atoms with van der Waals surface area (Å²) in [7, 11) is 0. The van der Waals surface area contributed by atoms with E-state index in [1.165, 1.54) is 16.8 Å². The summed E-state index contributed by atoms with van der Waals surface area (Å²) in [5.41, 5.74) is 4.79. The predicted octanol–water partition coefficient (Wildman–Crippen LogP) is 4.45. The maximum atomic E-state index is 2.62. The van der Waals surface area contributed by atoms with Crippen LogP contribution in [0.15, 0.2) is 30.4 Å². The van der Waals surface area contributed by atoms with Crippen LogP contribution in [0.2, 0.25) is 0 Å². The highest BCUT2D eigenvalue weighted by Gasteiger charge is 2.53. The van der Waals surface area contributed by atoms with Gasteiger partial charge in [0.25, 0.3) is 0 Å². The van der Waals surface area contributed by atoms with Gasteiger partial charge in [0.05, 0.1) is 6.04 Å². The lowest BCUT2D eigenvalue weighted by molar-refractivity contribution is 0.157. The fourth-order valence-electron chi connectivity index (χ4n) is 3.86. The molecule has 0 saturated heterocycles. The van der Waals surface area contributed by atoms with E-state index in [4.69, 9.17) is 0 Å². The SMILES string of the molecule is Cc1cccc2c1N1C(C=C[C@@H]1C)C(C)(C)C2(C)C. The number of benzene rings is 1. The number of rotatable bonds is 0. The lowest BCUT2D eigenvalue weighted by atomic mass is 9.57. The first-order valence-corrected chi connectivity index (χ1v) is 7.35. The van der Waals surface area contributed by atoms with Crippen LogP contribution in [0.5, 0.6) is 0 Å². The molecule has 19 heavy (non-hydrogen) atoms. The van der Waals surface area contributed by atoms with E-state index < -0.39 is 0 Å². The second-order valence-electron chi connectivity index (χ2n) is 7.30. The van der Waals surface area contributed by atoms with Crippen LogP contribution in [0.25, 0.3) is 0 Å². The van der Waals surface area contributed by atoms with Crippen LogP contribution in [-0.2, 0) is 5.41 Å². The molecule has 0 aromatic heterocycles. The molecule has 0 N–H and O–H groups in total. The van der Waals surface area contributed by atoms with Crippen molar-refractivity contribution < 1.29 is 0 Å². The van der Waals surface area contributed by atoms with Gasteiger partial charge in [0.1, 0.15) is 0 Å². The van der Waals surface area contributed by atoms with Crippen molar-refractivity contribution >= 4 is 5.69 Å². The summed E-state index contributed by atoms with van der Waals surface area (Å²) in [6.45, 7) is 14.2. The van der Waals surface area contributed by atoms with Crippen molar-refractivity contribution in [2.24, 2.45) is 5.41 Å². The summed E-state index contributed by atoms with van der Waals surface area (Å²) in [6.07, 6.45) is 4.78. The predicted molar refractivity (Wildman–Crippen MR) is 82.9 cm³/mol. The molecular weight excluding hydrogens is 230 g/mol. The van der Waals surface area contributed by atoms with Gasteiger partial charge in [-0.25, -0.2) is 0 Å². The van der Waals surface area contributed by atoms with E-state index >= 15 is 0 Å². The molecule has 1 heteroatoms. The molecule has 0 spiro atoms. The van der Waals surface area contributed by atoms with Crippen molar-refractivity contribution in [1.29, 1.82) is 0 Å². The molecule has 0 amide bonds. The Bertz CT molecular complexity index is 551. The molecule has 0 saturated carbocycles. The summed E-state index contributed by atoms with van der Waals surface area (Å²) >= 11 is 0. The minimum absolute atomic E-state index is 0.184. The summed E-state index contributed by atoms with van der Waals surface area (Å²) < 4.78 is 0. The first kappa shape index (κ1) is 12.8. The van der Waals surface area contributed by atoms with Crippen LogP contribution in [-0.4, -0.2) is 12.1 Å². The van der Waals surface area contributed by atoms with E-state index in [0.717, 1.165) is 0 Å². The number of aryl methyl sites for hydroxylation is 1. The van der Waals surface area contributed by atoms with Crippen molar-refractivity contribution in [3.63, 3.8) is 0 Å². The number of para-hydroxylation sites is 1. The van der Waals surface area contributed by atoms with Gasteiger partial charge in [0, 0.05) is 11.7 Å². The van der Waals surface area contributed by atoms with Gasteiger partial charge in [-0.3, -0.25) is 0 Å². The summed E-state index contributed by atoms with van der Waals surface area (Å²) in [5.74, 6) is 0. The minimum Gasteiger partial charge on any atom is -0.358 e. The van der Waals surface area contributed by atoms with E-state index in [9.17, 15) is 0 Å². The van der Waals surface area contributed by atoms with Gasteiger partial charge in [-0.2, -0.15) is 0 Å². The monoisotopic (exact) mass is 255 g/mol. The quantitative estimate of drug-likeness (QED) is 0.619. The lowest BCUT2D eigenvalue weighted by Gasteiger charge is -2.56. The first-order valence-electron chi connectivity index (χ1n) is 7.35. The zero-order valence-corrected chi connectivity index (χ0v) is 13.0. The largest absolute Gasteiger partial charge is 0.358 e. The first-order chi connectivity index (χ1) is 8.78. The van der Waals surface area contributed by atoms with Crippen LogP contribution in [0, 0.1) is 12.3 Å². The Kier molecular flexibility index (Phi) is 2.46. The second kappa shape index (κ2) is 3.65. The zero-order valence-electron chi connectivity index (χ0n) is 13.0. The molecule has 1 nitrogen and oxygen atoms in total. The van der Waals surface area contributed by atoms with Crippen molar-refractivity contribution in [2.45, 2.75) is 59.0 Å². The van der Waals surface area contributed by atoms with Crippen LogP contribution in [0.1, 0.15) is 45.7 Å². The highest BCUT2D eigenvalue weighted by atomic mass is 15.2. The molecule has 1 aromatic rings. The maximum absolute atomic E-state index is 2.62. The Morgan fingerprint density at radius 3 is 2.42 bits per heavy atom. The van der Waals surface area contributed by atoms with Gasteiger partial charge < -0.3 is 4.90 Å². The highest BCUT2D eigenvalue weighted by molar-refractivity contribution is 5.68. The van der Waals surface area contributed by atoms with E-state index in [2.05, 4.69) is 76.8 Å². The fourth-order valence-corrected chi connectivity index (χ4v) is 3.86. The Morgan fingerprint density at radius 1 is 1.05 bits per heavy atom. The Labute approximate surface area is 117 Å². The summed E-state index contributed by atoms with van der Waals surface area (Å²) in [4.78, 5) is 2.62. The maximum Gasteiger partial charge on any atom is 0.0539 e. The van der Waals surface area contributed by atoms with Crippen molar-refractivity contribution in [2.75, 3.05) is 4.90 Å². The zero-order chi connectivity index (χ0) is 14.0. The Balaban J connectivity index is 2.32. The molecule has 0 fully saturated rings. The van der Waals surface area contributed by atoms with Gasteiger partial charge in [-0.1, -0.05) is 58.0 Å². The molecule has 0 aliphatic carbocycles. The molecule has 2 aliphatic heterocycles. The smallest absolute Gasteiger partial charge is 0.0539 e. The molecule has 1 aromatic carbocycles. The number of anilines is 1. The number of fused-ring (bicyclic) bond motifs is 3. The molecule has 0 radical (unpaired) electrons. The number of hydrogen-bond donors (Lipinski definition) is 0. The molecule has 2 aliphatic rings. The van der Waals surface area contributed by atoms with Crippen LogP contribution in [0.4, 0.5) is 5.69 Å². The summed E-state index contributed by atoms with van der Waals surface area (Å²) in [6, 6.07) is 7.78. The molecule has 2 atom stereocenters. The summed E-state index contributed by atoms with van der Waals surface area (Å²) in [5, 5.41) is 0. The van der Waals surface area contributed by atoms with E-state index in [0.29, 0.717) is 12.1 Å². The number of hydrogen-bond acceptors (Lipinski definition) is 1. The lowest BCUT2D eigenvalue weighted by Crippen LogP contribution is -2.57. The van der Waals surface area contributed by atoms with Crippen molar-refractivity contribution in [1.82, 2.24) is 0 Å². The van der Waals surface area contributed by atoms with Crippen LogP contribution >= 0.6 is 0 Å². The second-order valence-corrected chi connectivity index (χ2v) is 7.30. The third kappa shape index (κ3) is 1.42. The normalized spacial score (nSPS) is 30.1. The van der Waals surface area contributed by atoms with E-state index in [1.54, 1.807) is 0 Å². The third-order valence-corrected chi connectivity index (χ3v) is 5.83. The number of nitrogens with zero attached hydrogens (tertiary/aromatic N) is 1. The van der Waals surface area contributed by atoms with Crippen LogP contribution < -0.4 is 4.90 Å². The van der Waals surface area contributed by atoms with Gasteiger partial charge in [-0.05, 0) is 35.8 Å². The fraction of sp³-hybridized carbons (Fsp3) is 0.556. The minimum atomic E-state index is 0.184. The molecule has 2 heterocycles. The molecule has 1 unspecified atom stereocenters. The van der Waals surface area contributed by atoms with E-state index in [1.807, 2.05) is 0 Å². The van der Waals surface area contributed by atoms with E-state index in [-0.39, 0.29) is 10.8 Å². The Hall–Kier alpha value is -1.24. The highest BCUT2D eigenvalue weighted by Crippen LogP contribution is 2.56. The third-order valence-electron chi connectivity index (χ3n) is 5.83. The van der Waals surface area contributed by atoms with Gasteiger partial charge in [-0.15, -0.1) is 0 Å². The Morgan fingerprint density at radius 2 is 1.74 bits per heavy atom. The van der Waals surface area contributed by atoms with Crippen molar-refractivity contribution in [3.8, 4) is 0 Å². The van der Waals surface area contributed by atoms with Gasteiger partial charge in [0.2, 0.25) is 0 Å². The molecular formula is C18H25N. The average Bonchev–Trinajstić information content (AvgIpc) is 2.70. The molecule has 102 valence electrons.